The molecule has 1 atom stereocenters. The van der Waals surface area contributed by atoms with Gasteiger partial charge in [-0.25, -0.2) is 9.37 Å². The van der Waals surface area contributed by atoms with Gasteiger partial charge in [-0.05, 0) is 70.3 Å². The molecule has 0 spiro atoms. The number of esters is 2. The number of nitrogens with zero attached hydrogens (tertiary/aromatic N) is 2. The molecular weight excluding hydrogens is 925 g/mol. The molecule has 5 heterocycles. The summed E-state index contributed by atoms with van der Waals surface area (Å²) in [4.78, 5) is 44.9. The number of benzene rings is 4. The molecular formula is C53H36ClF7N4O4. The van der Waals surface area contributed by atoms with E-state index in [-0.39, 0.29) is 39.2 Å². The lowest BCUT2D eigenvalue weighted by molar-refractivity contribution is -0.269. The smallest absolute Gasteiger partial charge is 0.393 e. The van der Waals surface area contributed by atoms with Crippen molar-refractivity contribution in [2.24, 2.45) is 5.92 Å². The number of nitrogens with one attached hydrogen (secondary N) is 2. The lowest BCUT2D eigenvalue weighted by atomic mass is 9.79. The van der Waals surface area contributed by atoms with Gasteiger partial charge in [0.1, 0.15) is 0 Å². The number of hydrogen-bond donors (Lipinski definition) is 2. The molecule has 69 heavy (non-hydrogen) atoms. The van der Waals surface area contributed by atoms with Crippen molar-refractivity contribution in [2.75, 3.05) is 14.2 Å². The Bertz CT molecular complexity index is 3340. The first kappa shape index (κ1) is 46.3. The molecule has 0 saturated carbocycles. The van der Waals surface area contributed by atoms with Gasteiger partial charge in [0.25, 0.3) is 0 Å². The molecule has 2 aliphatic rings. The van der Waals surface area contributed by atoms with Crippen molar-refractivity contribution >= 4 is 63.3 Å². The van der Waals surface area contributed by atoms with Crippen LogP contribution in [0.15, 0.2) is 151 Å². The molecule has 8 nitrogen and oxygen atoms in total. The quantitative estimate of drug-likeness (QED) is 0.0611. The summed E-state index contributed by atoms with van der Waals surface area (Å²) in [6.07, 6.45) is 3.06. The van der Waals surface area contributed by atoms with Crippen LogP contribution in [0.1, 0.15) is 28.7 Å². The van der Waals surface area contributed by atoms with E-state index in [1.54, 1.807) is 54.6 Å². The van der Waals surface area contributed by atoms with Gasteiger partial charge in [0.05, 0.1) is 42.9 Å². The zero-order valence-electron chi connectivity index (χ0n) is 36.2. The number of carbonyl (C=O) groups excluding carboxylic acids is 2. The second kappa shape index (κ2) is 18.0. The Morgan fingerprint density at radius 3 is 1.36 bits per heavy atom. The summed E-state index contributed by atoms with van der Waals surface area (Å²) in [7, 11) is 1.69. The summed E-state index contributed by atoms with van der Waals surface area (Å²) in [6.45, 7) is 0. The summed E-state index contributed by atoms with van der Waals surface area (Å²) < 4.78 is 121. The van der Waals surface area contributed by atoms with E-state index in [0.717, 1.165) is 19.8 Å². The second-order valence-electron chi connectivity index (χ2n) is 16.0. The Labute approximate surface area is 393 Å². The molecule has 0 radical (unpaired) electrons. The first-order valence-corrected chi connectivity index (χ1v) is 21.5. The molecule has 0 aliphatic carbocycles. The Balaban J connectivity index is 1.60. The number of fused-ring (bicyclic) bond motifs is 8. The predicted molar refractivity (Wildman–Crippen MR) is 251 cm³/mol. The fraction of sp³-hybridized carbons (Fsp3) is 0.132. The average molecular weight is 961 g/mol. The second-order valence-corrected chi connectivity index (χ2v) is 16.4. The summed E-state index contributed by atoms with van der Waals surface area (Å²) in [5.41, 5.74) is 1.72. The molecule has 7 aromatic rings. The highest BCUT2D eigenvalue weighted by molar-refractivity contribution is 6.22. The highest BCUT2D eigenvalue weighted by Crippen LogP contribution is 2.58. The monoisotopic (exact) mass is 960 g/mol. The molecule has 348 valence electrons. The number of allylic oxidation sites excluding steroid dienone is 2. The largest absolute Gasteiger partial charge is 0.468 e. The van der Waals surface area contributed by atoms with Gasteiger partial charge in [-0.1, -0.05) is 121 Å². The van der Waals surface area contributed by atoms with E-state index < -0.39 is 63.8 Å². The van der Waals surface area contributed by atoms with E-state index in [1.807, 2.05) is 72.8 Å². The standard InChI is InChI=1S/C53H36ClF7N4O4/c1-68-49(66)45(50(67)69-2)43-44(48(55)51(56,57)52(58,59)53(54,60)61)47-42(32-21-13-6-14-22-32)38-28-26-36(64-38)40(30-17-9-4-10-18-30)34-24-23-33(62-34)39(29-15-7-3-8-16-29)35-25-27-37(63-35)41(46(43)65-47)31-19-11-5-12-20-31/h3-28,43,45,62-63H,1-2H3/b39-33?,39-35?,40-34?,40-36?,41-37?,42-38?,46-41?,47-42?,48-44+. The van der Waals surface area contributed by atoms with Crippen molar-refractivity contribution in [1.29, 1.82) is 0 Å². The maximum absolute atomic E-state index is 17.7. The zero-order chi connectivity index (χ0) is 48.8. The minimum absolute atomic E-state index is 0.0438. The Morgan fingerprint density at radius 2 is 0.928 bits per heavy atom. The van der Waals surface area contributed by atoms with Crippen molar-refractivity contribution in [3.63, 3.8) is 0 Å². The van der Waals surface area contributed by atoms with Gasteiger partial charge < -0.3 is 19.4 Å². The van der Waals surface area contributed by atoms with Crippen molar-refractivity contribution in [3.8, 4) is 44.5 Å². The molecule has 8 bridgehead atoms. The van der Waals surface area contributed by atoms with E-state index in [0.29, 0.717) is 33.2 Å². The summed E-state index contributed by atoms with van der Waals surface area (Å²) in [5.74, 6) is -24.1. The lowest BCUT2D eigenvalue weighted by Crippen LogP contribution is -2.52. The zero-order valence-corrected chi connectivity index (χ0v) is 37.0. The van der Waals surface area contributed by atoms with Crippen LogP contribution in [-0.4, -0.2) is 63.3 Å². The van der Waals surface area contributed by atoms with Crippen molar-refractivity contribution in [1.82, 2.24) is 19.9 Å². The van der Waals surface area contributed by atoms with Crippen LogP contribution in [0.25, 0.3) is 84.3 Å². The van der Waals surface area contributed by atoms with Crippen LogP contribution in [0.2, 0.25) is 0 Å². The van der Waals surface area contributed by atoms with Gasteiger partial charge in [0, 0.05) is 49.9 Å². The molecule has 3 aromatic heterocycles. The van der Waals surface area contributed by atoms with Crippen molar-refractivity contribution in [2.45, 2.75) is 23.1 Å². The molecule has 2 N–H and O–H groups in total. The maximum atomic E-state index is 17.7. The van der Waals surface area contributed by atoms with Crippen LogP contribution < -0.4 is 0 Å². The fourth-order valence-electron chi connectivity index (χ4n) is 8.79. The van der Waals surface area contributed by atoms with Crippen LogP contribution in [0, 0.1) is 5.92 Å². The molecule has 9 rings (SSSR count). The van der Waals surface area contributed by atoms with Crippen LogP contribution in [-0.2, 0) is 19.1 Å². The summed E-state index contributed by atoms with van der Waals surface area (Å²) >= 11 is 4.66. The normalized spacial score (nSPS) is 14.7. The third kappa shape index (κ3) is 8.05. The molecule has 0 fully saturated rings. The number of halogens is 8. The van der Waals surface area contributed by atoms with Gasteiger partial charge in [-0.15, -0.1) is 0 Å². The molecule has 0 saturated heterocycles. The average Bonchev–Trinajstić information content (AvgIpc) is 4.20. The van der Waals surface area contributed by atoms with Gasteiger partial charge in [0.2, 0.25) is 0 Å². The van der Waals surface area contributed by atoms with Gasteiger partial charge in [0.15, 0.2) is 11.7 Å². The maximum Gasteiger partial charge on any atom is 0.393 e. The number of H-pyrrole nitrogens is 2. The minimum atomic E-state index is -6.62. The van der Waals surface area contributed by atoms with E-state index in [9.17, 15) is 18.4 Å². The number of rotatable bonds is 10. The topological polar surface area (TPSA) is 110 Å². The highest BCUT2D eigenvalue weighted by atomic mass is 35.5. The van der Waals surface area contributed by atoms with E-state index in [2.05, 4.69) is 21.6 Å². The number of alkyl halides is 7. The summed E-state index contributed by atoms with van der Waals surface area (Å²) in [5, 5.41) is -6.03. The van der Waals surface area contributed by atoms with E-state index in [1.165, 1.54) is 30.3 Å². The van der Waals surface area contributed by atoms with Crippen LogP contribution in [0.3, 0.4) is 0 Å². The number of ether oxygens (including phenoxy) is 2. The number of carbonyl (C=O) groups is 2. The molecule has 16 heteroatoms. The number of hydrogen-bond acceptors (Lipinski definition) is 6. The van der Waals surface area contributed by atoms with Crippen molar-refractivity contribution < 1.29 is 49.8 Å². The third-order valence-corrected chi connectivity index (χ3v) is 12.2. The molecule has 4 aromatic carbocycles. The van der Waals surface area contributed by atoms with Gasteiger partial charge >= 0.3 is 29.2 Å². The highest BCUT2D eigenvalue weighted by Gasteiger charge is 2.74. The first-order chi connectivity index (χ1) is 33.1. The third-order valence-electron chi connectivity index (χ3n) is 11.9. The number of aromatic amines is 2. The van der Waals surface area contributed by atoms with Crippen LogP contribution in [0.5, 0.6) is 0 Å². The first-order valence-electron chi connectivity index (χ1n) is 21.2. The van der Waals surface area contributed by atoms with Gasteiger partial charge in [-0.3, -0.25) is 14.6 Å². The lowest BCUT2D eigenvalue weighted by Gasteiger charge is -2.30. The van der Waals surface area contributed by atoms with Crippen LogP contribution in [0.4, 0.5) is 30.7 Å². The fourth-order valence-corrected chi connectivity index (χ4v) is 8.91. The Hall–Kier alpha value is -7.78. The number of aromatic nitrogens is 4. The Kier molecular flexibility index (Phi) is 12.1. The molecule has 2 aliphatic heterocycles. The SMILES string of the molecule is COC(=O)C(C(=O)OC)C1/C(=C(\F)C(F)(F)C(F)(F)C(F)(F)Cl)c2nc1c(-c1ccccc1)c1ccc([nH]1)c(-c1ccccc1)c1ccc([nH]1)c(-c1ccccc1)c1nc(c2-c2ccccc2)C=C1. The number of methoxy groups -OCH3 is 2. The Morgan fingerprint density at radius 1 is 0.551 bits per heavy atom. The van der Waals surface area contributed by atoms with E-state index in [4.69, 9.17) is 19.4 Å². The minimum Gasteiger partial charge on any atom is -0.468 e. The van der Waals surface area contributed by atoms with E-state index >= 15 is 22.0 Å². The van der Waals surface area contributed by atoms with Crippen molar-refractivity contribution in [3.05, 3.63) is 174 Å². The summed E-state index contributed by atoms with van der Waals surface area (Å²) in [6, 6.07) is 41.1. The van der Waals surface area contributed by atoms with Gasteiger partial charge in [-0.2, -0.15) is 26.3 Å². The van der Waals surface area contributed by atoms with Crippen LogP contribution >= 0.6 is 11.6 Å². The predicted octanol–water partition coefficient (Wildman–Crippen LogP) is 13.7. The molecule has 0 amide bonds. The molecule has 1 unspecified atom stereocenters.